The van der Waals surface area contributed by atoms with Crippen LogP contribution in [0.5, 0.6) is 0 Å². The van der Waals surface area contributed by atoms with Crippen LogP contribution in [0.1, 0.15) is 12.5 Å². The largest absolute Gasteiger partial charge is 0.357 e. The Bertz CT molecular complexity index is 568. The summed E-state index contributed by atoms with van der Waals surface area (Å²) in [7, 11) is 2.07. The number of nitrogens with one attached hydrogen (secondary N) is 1. The van der Waals surface area contributed by atoms with Crippen LogP contribution in [0, 0.1) is 0 Å². The van der Waals surface area contributed by atoms with E-state index in [0.29, 0.717) is 6.04 Å². The number of piperazine rings is 3. The molecule has 3 fully saturated rings. The summed E-state index contributed by atoms with van der Waals surface area (Å²) in [6.07, 6.45) is 0. The molecular weight excluding hydrogens is 322 g/mol. The first-order valence-corrected chi connectivity index (χ1v) is 9.24. The number of rotatable bonds is 5. The molecule has 3 saturated heterocycles. The van der Waals surface area contributed by atoms with E-state index in [2.05, 4.69) is 40.1 Å². The molecule has 0 aliphatic carbocycles. The normalized spacial score (nSPS) is 26.5. The zero-order chi connectivity index (χ0) is 16.9. The maximum atomic E-state index is 6.29. The number of fused-ring (bicyclic) bond motifs is 3. The fourth-order valence-electron chi connectivity index (χ4n) is 3.52. The zero-order valence-electron chi connectivity index (χ0n) is 14.7. The second kappa shape index (κ2) is 8.19. The van der Waals surface area contributed by atoms with Crippen molar-refractivity contribution in [1.29, 1.82) is 0 Å². The van der Waals surface area contributed by atoms with Gasteiger partial charge in [-0.25, -0.2) is 0 Å². The van der Waals surface area contributed by atoms with Crippen molar-refractivity contribution >= 4 is 17.6 Å². The van der Waals surface area contributed by atoms with Crippen LogP contribution in [0.4, 0.5) is 0 Å². The predicted molar refractivity (Wildman–Crippen MR) is 101 cm³/mol. The minimum atomic E-state index is 0.551. The van der Waals surface area contributed by atoms with Crippen molar-refractivity contribution in [2.75, 3.05) is 52.9 Å². The van der Waals surface area contributed by atoms with Gasteiger partial charge in [0, 0.05) is 63.9 Å². The average Bonchev–Trinajstić information content (AvgIpc) is 2.61. The van der Waals surface area contributed by atoms with Crippen LogP contribution in [-0.4, -0.2) is 79.6 Å². The van der Waals surface area contributed by atoms with Crippen LogP contribution in [0.25, 0.3) is 0 Å². The van der Waals surface area contributed by atoms with Crippen LogP contribution in [0.3, 0.4) is 0 Å². The van der Waals surface area contributed by atoms with Crippen LogP contribution >= 0.6 is 11.6 Å². The molecule has 1 aromatic carbocycles. The number of hydrogen-bond acceptors (Lipinski definition) is 3. The van der Waals surface area contributed by atoms with Gasteiger partial charge in [-0.2, -0.15) is 0 Å². The van der Waals surface area contributed by atoms with Crippen LogP contribution in [0.15, 0.2) is 29.3 Å². The van der Waals surface area contributed by atoms with E-state index >= 15 is 0 Å². The molecule has 1 atom stereocenters. The average molecular weight is 350 g/mol. The highest BCUT2D eigenvalue weighted by atomic mass is 35.5. The van der Waals surface area contributed by atoms with Gasteiger partial charge in [0.2, 0.25) is 0 Å². The molecule has 132 valence electrons. The Hall–Kier alpha value is -1.30. The molecule has 0 radical (unpaired) electrons. The maximum Gasteiger partial charge on any atom is 0.194 e. The SMILES string of the molecule is CCNC(=NCC1CN2CCN1CC2)N(C)Cc1ccccc1Cl. The van der Waals surface area contributed by atoms with E-state index in [-0.39, 0.29) is 0 Å². The lowest BCUT2D eigenvalue weighted by Gasteiger charge is -2.47. The number of guanidine groups is 1. The Labute approximate surface area is 150 Å². The van der Waals surface area contributed by atoms with Crippen molar-refractivity contribution in [3.63, 3.8) is 0 Å². The molecule has 4 rings (SSSR count). The van der Waals surface area contributed by atoms with Gasteiger partial charge in [-0.05, 0) is 18.6 Å². The summed E-state index contributed by atoms with van der Waals surface area (Å²) in [5.41, 5.74) is 1.12. The van der Waals surface area contributed by atoms with Crippen LogP contribution in [-0.2, 0) is 6.54 Å². The van der Waals surface area contributed by atoms with E-state index in [1.807, 2.05) is 18.2 Å². The number of nitrogens with zero attached hydrogens (tertiary/aromatic N) is 4. The third-order valence-electron chi connectivity index (χ3n) is 4.91. The highest BCUT2D eigenvalue weighted by Crippen LogP contribution is 2.17. The molecule has 0 saturated carbocycles. The van der Waals surface area contributed by atoms with Gasteiger partial charge in [0.1, 0.15) is 0 Å². The molecule has 0 amide bonds. The lowest BCUT2D eigenvalue weighted by Crippen LogP contribution is -2.62. The molecule has 1 N–H and O–H groups in total. The highest BCUT2D eigenvalue weighted by Gasteiger charge is 2.31. The number of aliphatic imine (C=N–C) groups is 1. The van der Waals surface area contributed by atoms with E-state index in [1.165, 1.54) is 26.2 Å². The topological polar surface area (TPSA) is 34.1 Å². The Morgan fingerprint density at radius 2 is 2.04 bits per heavy atom. The van der Waals surface area contributed by atoms with E-state index in [1.54, 1.807) is 0 Å². The van der Waals surface area contributed by atoms with Gasteiger partial charge in [-0.1, -0.05) is 29.8 Å². The summed E-state index contributed by atoms with van der Waals surface area (Å²) in [4.78, 5) is 12.2. The van der Waals surface area contributed by atoms with Crippen molar-refractivity contribution in [2.24, 2.45) is 4.99 Å². The van der Waals surface area contributed by atoms with Crippen molar-refractivity contribution < 1.29 is 0 Å². The van der Waals surface area contributed by atoms with Gasteiger partial charge in [0.05, 0.1) is 6.54 Å². The van der Waals surface area contributed by atoms with E-state index in [4.69, 9.17) is 16.6 Å². The molecule has 1 aromatic rings. The minimum Gasteiger partial charge on any atom is -0.357 e. The number of halogens is 1. The van der Waals surface area contributed by atoms with Crippen molar-refractivity contribution in [2.45, 2.75) is 19.5 Å². The first-order valence-electron chi connectivity index (χ1n) is 8.86. The number of benzene rings is 1. The summed E-state index contributed by atoms with van der Waals surface area (Å²) in [6.45, 7) is 10.5. The fourth-order valence-corrected chi connectivity index (χ4v) is 3.71. The summed E-state index contributed by atoms with van der Waals surface area (Å²) in [5.74, 6) is 0.954. The predicted octanol–water partition coefficient (Wildman–Crippen LogP) is 1.74. The van der Waals surface area contributed by atoms with Crippen molar-refractivity contribution in [3.05, 3.63) is 34.9 Å². The van der Waals surface area contributed by atoms with Gasteiger partial charge in [0.15, 0.2) is 5.96 Å². The van der Waals surface area contributed by atoms with Gasteiger partial charge in [0.25, 0.3) is 0 Å². The Balaban J connectivity index is 1.63. The second-order valence-corrected chi connectivity index (χ2v) is 7.04. The lowest BCUT2D eigenvalue weighted by molar-refractivity contribution is 0.0173. The van der Waals surface area contributed by atoms with Gasteiger partial charge < -0.3 is 10.2 Å². The first-order chi connectivity index (χ1) is 11.7. The fraction of sp³-hybridized carbons (Fsp3) is 0.611. The molecule has 1 unspecified atom stereocenters. The quantitative estimate of drug-likeness (QED) is 0.648. The minimum absolute atomic E-state index is 0.551. The number of hydrogen-bond donors (Lipinski definition) is 1. The Morgan fingerprint density at radius 3 is 2.67 bits per heavy atom. The molecule has 3 heterocycles. The molecule has 0 spiro atoms. The smallest absolute Gasteiger partial charge is 0.194 e. The molecule has 6 heteroatoms. The highest BCUT2D eigenvalue weighted by molar-refractivity contribution is 6.31. The van der Waals surface area contributed by atoms with E-state index < -0.39 is 0 Å². The summed E-state index contributed by atoms with van der Waals surface area (Å²) >= 11 is 6.29. The summed E-state index contributed by atoms with van der Waals surface area (Å²) in [6, 6.07) is 8.55. The standard InChI is InChI=1S/C18H28ClN5/c1-3-20-18(22(2)13-15-6-4-5-7-17(15)19)21-12-16-14-23-8-10-24(16)11-9-23/h4-7,16H,3,8-14H2,1-2H3,(H,20,21). The van der Waals surface area contributed by atoms with Crippen molar-refractivity contribution in [3.8, 4) is 0 Å². The third-order valence-corrected chi connectivity index (χ3v) is 5.27. The van der Waals surface area contributed by atoms with Crippen LogP contribution in [0.2, 0.25) is 5.02 Å². The summed E-state index contributed by atoms with van der Waals surface area (Å²) < 4.78 is 0. The molecule has 24 heavy (non-hydrogen) atoms. The zero-order valence-corrected chi connectivity index (χ0v) is 15.5. The molecule has 2 bridgehead atoms. The third kappa shape index (κ3) is 4.21. The van der Waals surface area contributed by atoms with Crippen molar-refractivity contribution in [1.82, 2.24) is 20.0 Å². The molecular formula is C18H28ClN5. The van der Waals surface area contributed by atoms with Gasteiger partial charge in [-0.15, -0.1) is 0 Å². The first kappa shape index (κ1) is 17.5. The monoisotopic (exact) mass is 349 g/mol. The molecule has 5 nitrogen and oxygen atoms in total. The van der Waals surface area contributed by atoms with Gasteiger partial charge >= 0.3 is 0 Å². The van der Waals surface area contributed by atoms with E-state index in [9.17, 15) is 0 Å². The van der Waals surface area contributed by atoms with E-state index in [0.717, 1.165) is 42.7 Å². The van der Waals surface area contributed by atoms with Gasteiger partial charge in [-0.3, -0.25) is 14.8 Å². The Morgan fingerprint density at radius 1 is 1.29 bits per heavy atom. The molecule has 0 aromatic heterocycles. The lowest BCUT2D eigenvalue weighted by atomic mass is 10.1. The molecule has 3 aliphatic heterocycles. The second-order valence-electron chi connectivity index (χ2n) is 6.63. The summed E-state index contributed by atoms with van der Waals surface area (Å²) in [5, 5.41) is 4.22. The Kier molecular flexibility index (Phi) is 5.98. The maximum absolute atomic E-state index is 6.29. The molecule has 3 aliphatic rings. The van der Waals surface area contributed by atoms with Crippen LogP contribution < -0.4 is 5.32 Å².